The van der Waals surface area contributed by atoms with Gasteiger partial charge in [0, 0.05) is 6.54 Å². The van der Waals surface area contributed by atoms with E-state index in [0.717, 1.165) is 19.3 Å². The lowest BCUT2D eigenvalue weighted by molar-refractivity contribution is -0.873. The summed E-state index contributed by atoms with van der Waals surface area (Å²) in [5.74, 6) is -0.961. The summed E-state index contributed by atoms with van der Waals surface area (Å²) in [4.78, 5) is 22.3. The van der Waals surface area contributed by atoms with Crippen molar-refractivity contribution in [3.8, 4) is 0 Å². The van der Waals surface area contributed by atoms with Gasteiger partial charge < -0.3 is 19.6 Å². The molecule has 6 heteroatoms. The number of ether oxygens (including phenoxy) is 1. The molecule has 0 bridgehead atoms. The maximum Gasteiger partial charge on any atom is 0.407 e. The molecule has 0 aliphatic rings. The minimum atomic E-state index is -0.961. The number of hydrogen-bond acceptors (Lipinski definition) is 3. The van der Waals surface area contributed by atoms with Gasteiger partial charge >= 0.3 is 12.1 Å². The summed E-state index contributed by atoms with van der Waals surface area (Å²) in [6, 6.07) is 0. The Bertz CT molecular complexity index is 287. The van der Waals surface area contributed by atoms with Gasteiger partial charge in [-0.15, -0.1) is 0 Å². The molecule has 1 atom stereocenters. The molecule has 19 heavy (non-hydrogen) atoms. The number of carbonyl (C=O) groups is 2. The lowest BCUT2D eigenvalue weighted by atomic mass is 10.2. The number of carboxylic acids is 1. The van der Waals surface area contributed by atoms with E-state index in [1.165, 1.54) is 0 Å². The van der Waals surface area contributed by atoms with Crippen LogP contribution in [0.5, 0.6) is 0 Å². The Hall–Kier alpha value is -1.30. The molecule has 1 amide bonds. The van der Waals surface area contributed by atoms with Crippen LogP contribution in [0.1, 0.15) is 32.6 Å². The summed E-state index contributed by atoms with van der Waals surface area (Å²) in [7, 11) is 5.78. The van der Waals surface area contributed by atoms with Gasteiger partial charge in [-0.1, -0.05) is 19.8 Å². The van der Waals surface area contributed by atoms with Crippen LogP contribution in [0, 0.1) is 0 Å². The van der Waals surface area contributed by atoms with Gasteiger partial charge in [-0.05, 0) is 6.42 Å². The minimum Gasteiger partial charge on any atom is -0.481 e. The van der Waals surface area contributed by atoms with Crippen molar-refractivity contribution in [2.45, 2.75) is 38.7 Å². The van der Waals surface area contributed by atoms with Crippen molar-refractivity contribution in [2.75, 3.05) is 34.2 Å². The van der Waals surface area contributed by atoms with Crippen molar-refractivity contribution >= 4 is 12.1 Å². The summed E-state index contributed by atoms with van der Waals surface area (Å²) < 4.78 is 5.71. The predicted molar refractivity (Wildman–Crippen MR) is 72.9 cm³/mol. The fourth-order valence-corrected chi connectivity index (χ4v) is 1.71. The van der Waals surface area contributed by atoms with E-state index in [1.807, 2.05) is 21.1 Å². The van der Waals surface area contributed by atoms with E-state index in [4.69, 9.17) is 9.84 Å². The van der Waals surface area contributed by atoms with Crippen LogP contribution in [0.2, 0.25) is 0 Å². The second-order valence-electron chi connectivity index (χ2n) is 5.73. The van der Waals surface area contributed by atoms with E-state index >= 15 is 0 Å². The number of quaternary nitrogens is 1. The van der Waals surface area contributed by atoms with Crippen LogP contribution in [0.4, 0.5) is 4.79 Å². The van der Waals surface area contributed by atoms with E-state index in [2.05, 4.69) is 12.2 Å². The van der Waals surface area contributed by atoms with Gasteiger partial charge in [0.05, 0.1) is 27.6 Å². The largest absolute Gasteiger partial charge is 0.481 e. The average molecular weight is 275 g/mol. The fourth-order valence-electron chi connectivity index (χ4n) is 1.71. The van der Waals surface area contributed by atoms with Gasteiger partial charge in [0.25, 0.3) is 0 Å². The Kier molecular flexibility index (Phi) is 8.14. The number of unbranched alkanes of at least 4 members (excludes halogenated alkanes) is 2. The third-order valence-electron chi connectivity index (χ3n) is 2.48. The first-order chi connectivity index (χ1) is 8.74. The number of amides is 1. The van der Waals surface area contributed by atoms with Crippen molar-refractivity contribution in [1.29, 1.82) is 0 Å². The number of alkyl carbamates (subject to hydrolysis) is 1. The topological polar surface area (TPSA) is 75.6 Å². The summed E-state index contributed by atoms with van der Waals surface area (Å²) in [5.41, 5.74) is 0. The van der Waals surface area contributed by atoms with Crippen LogP contribution < -0.4 is 5.32 Å². The highest BCUT2D eigenvalue weighted by Gasteiger charge is 2.24. The summed E-state index contributed by atoms with van der Waals surface area (Å²) in [6.07, 6.45) is 1.74. The lowest BCUT2D eigenvalue weighted by Crippen LogP contribution is -2.45. The quantitative estimate of drug-likeness (QED) is 0.493. The summed E-state index contributed by atoms with van der Waals surface area (Å²) in [5, 5.41) is 11.5. The van der Waals surface area contributed by atoms with Gasteiger partial charge in [-0.2, -0.15) is 0 Å². The van der Waals surface area contributed by atoms with E-state index in [9.17, 15) is 9.59 Å². The van der Waals surface area contributed by atoms with E-state index in [1.54, 1.807) is 0 Å². The molecule has 0 saturated heterocycles. The molecular weight excluding hydrogens is 248 g/mol. The number of nitrogens with one attached hydrogen (secondary N) is 1. The molecule has 0 fully saturated rings. The first-order valence-electron chi connectivity index (χ1n) is 6.71. The van der Waals surface area contributed by atoms with E-state index in [-0.39, 0.29) is 6.42 Å². The first-order valence-corrected chi connectivity index (χ1v) is 6.71. The van der Waals surface area contributed by atoms with Crippen molar-refractivity contribution in [3.63, 3.8) is 0 Å². The Morgan fingerprint density at radius 3 is 2.37 bits per heavy atom. The standard InChI is InChI=1S/C13H26N2O4/c1-5-6-7-8-14-13(18)19-11(9-12(16)17)10-15(2,3)4/h11H,5-10H2,1-4H3,(H-,14,16,17,18)/p+1. The van der Waals surface area contributed by atoms with Crippen LogP contribution in [-0.4, -0.2) is 62.0 Å². The molecule has 0 aromatic carbocycles. The van der Waals surface area contributed by atoms with Crippen molar-refractivity contribution in [2.24, 2.45) is 0 Å². The zero-order valence-electron chi connectivity index (χ0n) is 12.4. The van der Waals surface area contributed by atoms with Crippen LogP contribution >= 0.6 is 0 Å². The monoisotopic (exact) mass is 275 g/mol. The van der Waals surface area contributed by atoms with Crippen LogP contribution in [-0.2, 0) is 9.53 Å². The molecule has 6 nitrogen and oxygen atoms in total. The molecule has 2 N–H and O–H groups in total. The Balaban J connectivity index is 4.15. The molecule has 1 unspecified atom stereocenters. The smallest absolute Gasteiger partial charge is 0.407 e. The van der Waals surface area contributed by atoms with Gasteiger partial charge in [-0.25, -0.2) is 4.79 Å². The van der Waals surface area contributed by atoms with Gasteiger partial charge in [0.15, 0.2) is 6.10 Å². The molecule has 0 aliphatic carbocycles. The Labute approximate surface area is 115 Å². The molecule has 0 aromatic rings. The minimum absolute atomic E-state index is 0.169. The number of likely N-dealkylation sites (N-methyl/N-ethyl adjacent to an activating group) is 1. The molecule has 0 aliphatic heterocycles. The third-order valence-corrected chi connectivity index (χ3v) is 2.48. The predicted octanol–water partition coefficient (Wildman–Crippen LogP) is 1.45. The van der Waals surface area contributed by atoms with E-state index < -0.39 is 18.2 Å². The second-order valence-corrected chi connectivity index (χ2v) is 5.73. The second kappa shape index (κ2) is 8.74. The Morgan fingerprint density at radius 1 is 1.26 bits per heavy atom. The number of aliphatic carboxylic acids is 1. The molecule has 0 radical (unpaired) electrons. The number of rotatable bonds is 9. The maximum absolute atomic E-state index is 11.6. The highest BCUT2D eigenvalue weighted by molar-refractivity contribution is 5.70. The maximum atomic E-state index is 11.6. The highest BCUT2D eigenvalue weighted by atomic mass is 16.6. The molecule has 112 valence electrons. The first kappa shape index (κ1) is 17.7. The van der Waals surface area contributed by atoms with Crippen LogP contribution in [0.3, 0.4) is 0 Å². The number of carboxylic acid groups (broad SMARTS) is 1. The fraction of sp³-hybridized carbons (Fsp3) is 0.846. The molecular formula is C13H27N2O4+. The van der Waals surface area contributed by atoms with Crippen LogP contribution in [0.15, 0.2) is 0 Å². The average Bonchev–Trinajstić information content (AvgIpc) is 2.20. The van der Waals surface area contributed by atoms with E-state index in [0.29, 0.717) is 17.6 Å². The molecule has 0 heterocycles. The van der Waals surface area contributed by atoms with Crippen molar-refractivity contribution in [1.82, 2.24) is 5.32 Å². The molecule has 0 spiro atoms. The molecule has 0 aromatic heterocycles. The van der Waals surface area contributed by atoms with Gasteiger partial charge in [0.2, 0.25) is 0 Å². The zero-order valence-corrected chi connectivity index (χ0v) is 12.4. The molecule has 0 saturated carbocycles. The van der Waals surface area contributed by atoms with Crippen LogP contribution in [0.25, 0.3) is 0 Å². The van der Waals surface area contributed by atoms with Crippen molar-refractivity contribution in [3.05, 3.63) is 0 Å². The van der Waals surface area contributed by atoms with Crippen molar-refractivity contribution < 1.29 is 23.9 Å². The normalized spacial score (nSPS) is 12.8. The SMILES string of the molecule is CCCCCNC(=O)OC(CC(=O)O)C[N+](C)(C)C. The highest BCUT2D eigenvalue weighted by Crippen LogP contribution is 2.05. The summed E-state index contributed by atoms with van der Waals surface area (Å²) >= 11 is 0. The van der Waals surface area contributed by atoms with Gasteiger partial charge in [0.1, 0.15) is 6.54 Å². The summed E-state index contributed by atoms with van der Waals surface area (Å²) in [6.45, 7) is 3.12. The number of carbonyl (C=O) groups excluding carboxylic acids is 1. The van der Waals surface area contributed by atoms with Gasteiger partial charge in [-0.3, -0.25) is 4.79 Å². The number of nitrogens with zero attached hydrogens (tertiary/aromatic N) is 1. The Morgan fingerprint density at radius 2 is 1.89 bits per heavy atom. The lowest BCUT2D eigenvalue weighted by Gasteiger charge is -2.28. The zero-order chi connectivity index (χ0) is 14.9. The number of hydrogen-bond donors (Lipinski definition) is 2. The molecule has 0 rings (SSSR count). The third kappa shape index (κ3) is 11.5.